The van der Waals surface area contributed by atoms with E-state index in [1.54, 1.807) is 0 Å². The lowest BCUT2D eigenvalue weighted by Crippen LogP contribution is -2.53. The van der Waals surface area contributed by atoms with Gasteiger partial charge in [-0.2, -0.15) is 0 Å². The maximum atomic E-state index is 11.9. The average molecular weight is 244 g/mol. The second kappa shape index (κ2) is 7.63. The minimum absolute atomic E-state index is 0.0146. The topological polar surface area (TPSA) is 61.8 Å². The van der Waals surface area contributed by atoms with Crippen LogP contribution in [0.3, 0.4) is 0 Å². The van der Waals surface area contributed by atoms with Gasteiger partial charge in [-0.1, -0.05) is 13.3 Å². The standard InChI is InChI=1S/C12H24N2O3/c1-3-4-5-13-12(16)10(2)14-6-7-17-11(8-14)9-15/h10-11,15H,3-9H2,1-2H3,(H,13,16). The lowest BCUT2D eigenvalue weighted by atomic mass is 10.2. The second-order valence-corrected chi connectivity index (χ2v) is 4.49. The molecule has 1 saturated heterocycles. The van der Waals surface area contributed by atoms with Gasteiger partial charge in [-0.15, -0.1) is 0 Å². The van der Waals surface area contributed by atoms with Crippen LogP contribution in [0.4, 0.5) is 0 Å². The van der Waals surface area contributed by atoms with E-state index in [1.165, 1.54) is 0 Å². The van der Waals surface area contributed by atoms with Crippen molar-refractivity contribution in [3.63, 3.8) is 0 Å². The summed E-state index contributed by atoms with van der Waals surface area (Å²) in [6.07, 6.45) is 1.94. The van der Waals surface area contributed by atoms with Crippen molar-refractivity contribution in [3.8, 4) is 0 Å². The van der Waals surface area contributed by atoms with Crippen molar-refractivity contribution in [2.24, 2.45) is 0 Å². The number of ether oxygens (including phenoxy) is 1. The second-order valence-electron chi connectivity index (χ2n) is 4.49. The van der Waals surface area contributed by atoms with Crippen LogP contribution >= 0.6 is 0 Å². The molecule has 1 fully saturated rings. The number of hydrogen-bond donors (Lipinski definition) is 2. The Balaban J connectivity index is 2.34. The van der Waals surface area contributed by atoms with Crippen molar-refractivity contribution in [2.45, 2.75) is 38.8 Å². The molecule has 1 rings (SSSR count). The van der Waals surface area contributed by atoms with Gasteiger partial charge in [-0.3, -0.25) is 9.69 Å². The number of carbonyl (C=O) groups excluding carboxylic acids is 1. The lowest BCUT2D eigenvalue weighted by molar-refractivity contribution is -0.130. The zero-order valence-corrected chi connectivity index (χ0v) is 10.8. The summed E-state index contributed by atoms with van der Waals surface area (Å²) in [6.45, 7) is 6.72. The van der Waals surface area contributed by atoms with Crippen LogP contribution in [0.2, 0.25) is 0 Å². The van der Waals surface area contributed by atoms with Gasteiger partial charge in [0, 0.05) is 19.6 Å². The number of aliphatic hydroxyl groups excluding tert-OH is 1. The van der Waals surface area contributed by atoms with E-state index in [9.17, 15) is 4.79 Å². The molecule has 5 nitrogen and oxygen atoms in total. The molecule has 0 bridgehead atoms. The first kappa shape index (κ1) is 14.4. The molecule has 0 aromatic heterocycles. The molecule has 100 valence electrons. The van der Waals surface area contributed by atoms with Gasteiger partial charge in [-0.05, 0) is 13.3 Å². The normalized spacial score (nSPS) is 23.4. The van der Waals surface area contributed by atoms with Gasteiger partial charge in [0.05, 0.1) is 25.4 Å². The minimum atomic E-state index is -0.158. The third kappa shape index (κ3) is 4.61. The van der Waals surface area contributed by atoms with Crippen molar-refractivity contribution in [1.82, 2.24) is 10.2 Å². The van der Waals surface area contributed by atoms with Gasteiger partial charge in [-0.25, -0.2) is 0 Å². The highest BCUT2D eigenvalue weighted by Crippen LogP contribution is 2.08. The third-order valence-corrected chi connectivity index (χ3v) is 3.13. The highest BCUT2D eigenvalue weighted by Gasteiger charge is 2.27. The maximum Gasteiger partial charge on any atom is 0.237 e. The fourth-order valence-corrected chi connectivity index (χ4v) is 1.91. The molecule has 5 heteroatoms. The molecule has 0 radical (unpaired) electrons. The molecule has 1 amide bonds. The molecule has 0 aromatic carbocycles. The van der Waals surface area contributed by atoms with Crippen LogP contribution in [0, 0.1) is 0 Å². The summed E-state index contributed by atoms with van der Waals surface area (Å²) in [5.41, 5.74) is 0. The quantitative estimate of drug-likeness (QED) is 0.645. The molecule has 2 N–H and O–H groups in total. The largest absolute Gasteiger partial charge is 0.394 e. The van der Waals surface area contributed by atoms with Gasteiger partial charge >= 0.3 is 0 Å². The summed E-state index contributed by atoms with van der Waals surface area (Å²) in [7, 11) is 0. The van der Waals surface area contributed by atoms with E-state index in [0.29, 0.717) is 13.2 Å². The van der Waals surface area contributed by atoms with Gasteiger partial charge in [0.1, 0.15) is 0 Å². The van der Waals surface area contributed by atoms with Gasteiger partial charge in [0.2, 0.25) is 5.91 Å². The molecule has 2 unspecified atom stereocenters. The van der Waals surface area contributed by atoms with E-state index in [1.807, 2.05) is 6.92 Å². The van der Waals surface area contributed by atoms with Crippen LogP contribution in [0.1, 0.15) is 26.7 Å². The van der Waals surface area contributed by atoms with Crippen molar-refractivity contribution in [2.75, 3.05) is 32.8 Å². The van der Waals surface area contributed by atoms with Crippen molar-refractivity contribution in [3.05, 3.63) is 0 Å². The van der Waals surface area contributed by atoms with Crippen LogP contribution in [0.15, 0.2) is 0 Å². The Kier molecular flexibility index (Phi) is 6.47. The van der Waals surface area contributed by atoms with E-state index in [2.05, 4.69) is 17.1 Å². The zero-order chi connectivity index (χ0) is 12.7. The highest BCUT2D eigenvalue weighted by atomic mass is 16.5. The fraction of sp³-hybridized carbons (Fsp3) is 0.917. The summed E-state index contributed by atoms with van der Waals surface area (Å²) in [5, 5.41) is 12.0. The highest BCUT2D eigenvalue weighted by molar-refractivity contribution is 5.81. The van der Waals surface area contributed by atoms with E-state index in [-0.39, 0.29) is 24.7 Å². The Hall–Kier alpha value is -0.650. The molecule has 2 atom stereocenters. The van der Waals surface area contributed by atoms with Crippen molar-refractivity contribution in [1.29, 1.82) is 0 Å². The van der Waals surface area contributed by atoms with E-state index in [4.69, 9.17) is 9.84 Å². The first-order valence-corrected chi connectivity index (χ1v) is 6.43. The minimum Gasteiger partial charge on any atom is -0.394 e. The summed E-state index contributed by atoms with van der Waals surface area (Å²) < 4.78 is 5.36. The lowest BCUT2D eigenvalue weighted by Gasteiger charge is -2.35. The SMILES string of the molecule is CCCCNC(=O)C(C)N1CCOC(CO)C1. The Morgan fingerprint density at radius 2 is 2.41 bits per heavy atom. The smallest absolute Gasteiger partial charge is 0.237 e. The molecule has 0 spiro atoms. The van der Waals surface area contributed by atoms with Crippen LogP contribution < -0.4 is 5.32 Å². The van der Waals surface area contributed by atoms with Gasteiger partial charge in [0.15, 0.2) is 0 Å². The number of aliphatic hydroxyl groups is 1. The molecule has 1 aliphatic rings. The number of carbonyl (C=O) groups is 1. The third-order valence-electron chi connectivity index (χ3n) is 3.13. The number of nitrogens with one attached hydrogen (secondary N) is 1. The molecular formula is C12H24N2O3. The van der Waals surface area contributed by atoms with Gasteiger partial charge < -0.3 is 15.2 Å². The van der Waals surface area contributed by atoms with Crippen molar-refractivity contribution < 1.29 is 14.6 Å². The predicted octanol–water partition coefficient (Wildman–Crippen LogP) is -0.0157. The van der Waals surface area contributed by atoms with Crippen molar-refractivity contribution >= 4 is 5.91 Å². The van der Waals surface area contributed by atoms with Crippen LogP contribution in [-0.2, 0) is 9.53 Å². The summed E-state index contributed by atoms with van der Waals surface area (Å²) >= 11 is 0. The van der Waals surface area contributed by atoms with E-state index < -0.39 is 0 Å². The summed E-state index contributed by atoms with van der Waals surface area (Å²) in [4.78, 5) is 13.9. The molecule has 0 saturated carbocycles. The predicted molar refractivity (Wildman–Crippen MR) is 65.8 cm³/mol. The molecule has 17 heavy (non-hydrogen) atoms. The maximum absolute atomic E-state index is 11.9. The molecule has 0 aliphatic carbocycles. The number of unbranched alkanes of at least 4 members (excludes halogenated alkanes) is 1. The van der Waals surface area contributed by atoms with E-state index in [0.717, 1.165) is 25.9 Å². The Labute approximate surface area is 103 Å². The number of nitrogens with zero attached hydrogens (tertiary/aromatic N) is 1. The Bertz CT molecular complexity index is 236. The average Bonchev–Trinajstić information content (AvgIpc) is 2.38. The number of hydrogen-bond acceptors (Lipinski definition) is 4. The van der Waals surface area contributed by atoms with Crippen LogP contribution in [0.5, 0.6) is 0 Å². The number of morpholine rings is 1. The zero-order valence-electron chi connectivity index (χ0n) is 10.8. The molecule has 1 heterocycles. The van der Waals surface area contributed by atoms with Crippen LogP contribution in [-0.4, -0.2) is 60.9 Å². The first-order chi connectivity index (χ1) is 8.19. The van der Waals surface area contributed by atoms with Crippen LogP contribution in [0.25, 0.3) is 0 Å². The summed E-state index contributed by atoms with van der Waals surface area (Å²) in [6, 6.07) is -0.148. The summed E-state index contributed by atoms with van der Waals surface area (Å²) in [5.74, 6) is 0.0667. The van der Waals surface area contributed by atoms with Gasteiger partial charge in [0.25, 0.3) is 0 Å². The fourth-order valence-electron chi connectivity index (χ4n) is 1.91. The first-order valence-electron chi connectivity index (χ1n) is 6.43. The Morgan fingerprint density at radius 3 is 3.06 bits per heavy atom. The number of rotatable bonds is 6. The monoisotopic (exact) mass is 244 g/mol. The molecule has 1 aliphatic heterocycles. The molecule has 0 aromatic rings. The number of amides is 1. The van der Waals surface area contributed by atoms with E-state index >= 15 is 0 Å². The Morgan fingerprint density at radius 1 is 1.65 bits per heavy atom. The molecular weight excluding hydrogens is 220 g/mol.